The van der Waals surface area contributed by atoms with Crippen molar-refractivity contribution in [3.8, 4) is 5.75 Å². The number of nitrogens with one attached hydrogen (secondary N) is 2. The molecule has 0 bridgehead atoms. The van der Waals surface area contributed by atoms with E-state index in [2.05, 4.69) is 10.9 Å². The van der Waals surface area contributed by atoms with E-state index in [1.165, 1.54) is 0 Å². The van der Waals surface area contributed by atoms with Gasteiger partial charge in [0.2, 0.25) is 5.91 Å². The molecule has 0 aliphatic carbocycles. The van der Waals surface area contributed by atoms with Gasteiger partial charge < -0.3 is 4.74 Å². The Morgan fingerprint density at radius 1 is 1.00 bits per heavy atom. The first kappa shape index (κ1) is 17.8. The van der Waals surface area contributed by atoms with Gasteiger partial charge in [-0.3, -0.25) is 20.4 Å². The molecule has 2 N–H and O–H groups in total. The van der Waals surface area contributed by atoms with Crippen LogP contribution < -0.4 is 15.6 Å². The molecule has 0 atom stereocenters. The SMILES string of the molecule is Cc1cc(OCC(=O)NNC(=O)Cc2ccccc2)cc(C)c1Cl. The van der Waals surface area contributed by atoms with Crippen molar-refractivity contribution in [2.45, 2.75) is 20.3 Å². The number of hydrogen-bond donors (Lipinski definition) is 2. The molecule has 126 valence electrons. The van der Waals surface area contributed by atoms with Crippen molar-refractivity contribution in [3.63, 3.8) is 0 Å². The highest BCUT2D eigenvalue weighted by Crippen LogP contribution is 2.25. The molecule has 0 saturated heterocycles. The topological polar surface area (TPSA) is 67.4 Å². The standard InChI is InChI=1S/C18H19ClN2O3/c1-12-8-15(9-13(2)18(12)19)24-11-17(23)21-20-16(22)10-14-6-4-3-5-7-14/h3-9H,10-11H2,1-2H3,(H,20,22)(H,21,23). The van der Waals surface area contributed by atoms with Crippen LogP contribution in [-0.4, -0.2) is 18.4 Å². The highest BCUT2D eigenvalue weighted by atomic mass is 35.5. The zero-order valence-corrected chi connectivity index (χ0v) is 14.3. The Morgan fingerprint density at radius 2 is 1.58 bits per heavy atom. The minimum Gasteiger partial charge on any atom is -0.484 e. The minimum atomic E-state index is -0.443. The summed E-state index contributed by atoms with van der Waals surface area (Å²) in [6, 6.07) is 12.8. The minimum absolute atomic E-state index is 0.192. The van der Waals surface area contributed by atoms with E-state index in [4.69, 9.17) is 16.3 Å². The van der Waals surface area contributed by atoms with Gasteiger partial charge in [0, 0.05) is 5.02 Å². The summed E-state index contributed by atoms with van der Waals surface area (Å²) in [6.07, 6.45) is 0.192. The van der Waals surface area contributed by atoms with Crippen LogP contribution >= 0.6 is 11.6 Å². The first-order chi connectivity index (χ1) is 11.5. The number of carbonyl (C=O) groups is 2. The summed E-state index contributed by atoms with van der Waals surface area (Å²) in [5.74, 6) is -0.186. The van der Waals surface area contributed by atoms with Crippen molar-refractivity contribution in [1.82, 2.24) is 10.9 Å². The van der Waals surface area contributed by atoms with E-state index in [0.29, 0.717) is 10.8 Å². The van der Waals surface area contributed by atoms with Crippen LogP contribution in [-0.2, 0) is 16.0 Å². The molecule has 6 heteroatoms. The number of halogens is 1. The monoisotopic (exact) mass is 346 g/mol. The Kier molecular flexibility index (Phi) is 6.21. The highest BCUT2D eigenvalue weighted by Gasteiger charge is 2.08. The number of ether oxygens (including phenoxy) is 1. The third kappa shape index (κ3) is 5.28. The zero-order valence-electron chi connectivity index (χ0n) is 13.6. The molecule has 24 heavy (non-hydrogen) atoms. The molecule has 0 spiro atoms. The molecule has 2 amide bonds. The summed E-state index contributed by atoms with van der Waals surface area (Å²) in [5.41, 5.74) is 7.31. The van der Waals surface area contributed by atoms with Crippen molar-refractivity contribution in [2.75, 3.05) is 6.61 Å². The fraction of sp³-hybridized carbons (Fsp3) is 0.222. The summed E-state index contributed by atoms with van der Waals surface area (Å²) >= 11 is 6.08. The third-order valence-corrected chi connectivity index (χ3v) is 3.92. The Morgan fingerprint density at radius 3 is 2.21 bits per heavy atom. The number of hydrogen-bond acceptors (Lipinski definition) is 3. The largest absolute Gasteiger partial charge is 0.484 e. The van der Waals surface area contributed by atoms with E-state index >= 15 is 0 Å². The van der Waals surface area contributed by atoms with Crippen LogP contribution in [0.15, 0.2) is 42.5 Å². The van der Waals surface area contributed by atoms with Crippen LogP contribution in [0, 0.1) is 13.8 Å². The maximum absolute atomic E-state index is 11.7. The molecule has 0 aliphatic rings. The van der Waals surface area contributed by atoms with Crippen LogP contribution in [0.25, 0.3) is 0 Å². The molecule has 0 heterocycles. The van der Waals surface area contributed by atoms with Crippen LogP contribution in [0.2, 0.25) is 5.02 Å². The molecule has 0 aliphatic heterocycles. The maximum Gasteiger partial charge on any atom is 0.276 e. The van der Waals surface area contributed by atoms with Crippen molar-refractivity contribution in [1.29, 1.82) is 0 Å². The third-order valence-electron chi connectivity index (χ3n) is 3.33. The number of rotatable bonds is 5. The van der Waals surface area contributed by atoms with Crippen molar-refractivity contribution in [3.05, 3.63) is 64.2 Å². The second-order valence-corrected chi connectivity index (χ2v) is 5.80. The van der Waals surface area contributed by atoms with Crippen molar-refractivity contribution >= 4 is 23.4 Å². The van der Waals surface area contributed by atoms with Crippen molar-refractivity contribution in [2.24, 2.45) is 0 Å². The predicted molar refractivity (Wildman–Crippen MR) is 92.9 cm³/mol. The summed E-state index contributed by atoms with van der Waals surface area (Å²) in [4.78, 5) is 23.5. The van der Waals surface area contributed by atoms with Gasteiger partial charge in [-0.1, -0.05) is 41.9 Å². The number of benzene rings is 2. The first-order valence-electron chi connectivity index (χ1n) is 7.47. The lowest BCUT2D eigenvalue weighted by atomic mass is 10.1. The molecule has 0 radical (unpaired) electrons. The maximum atomic E-state index is 11.7. The van der Waals surface area contributed by atoms with E-state index < -0.39 is 5.91 Å². The normalized spacial score (nSPS) is 10.1. The highest BCUT2D eigenvalue weighted by molar-refractivity contribution is 6.32. The summed E-state index contributed by atoms with van der Waals surface area (Å²) in [6.45, 7) is 3.53. The van der Waals surface area contributed by atoms with E-state index in [1.54, 1.807) is 12.1 Å². The van der Waals surface area contributed by atoms with E-state index in [0.717, 1.165) is 16.7 Å². The van der Waals surface area contributed by atoms with Crippen LogP contribution in [0.3, 0.4) is 0 Å². The molecular formula is C18H19ClN2O3. The molecule has 0 aromatic heterocycles. The lowest BCUT2D eigenvalue weighted by Gasteiger charge is -2.11. The smallest absolute Gasteiger partial charge is 0.276 e. The molecular weight excluding hydrogens is 328 g/mol. The quantitative estimate of drug-likeness (QED) is 0.818. The van der Waals surface area contributed by atoms with Crippen molar-refractivity contribution < 1.29 is 14.3 Å². The molecule has 0 unspecified atom stereocenters. The summed E-state index contributed by atoms with van der Waals surface area (Å²) < 4.78 is 5.41. The number of amides is 2. The van der Waals surface area contributed by atoms with Crippen LogP contribution in [0.1, 0.15) is 16.7 Å². The van der Waals surface area contributed by atoms with Gasteiger partial charge in [-0.25, -0.2) is 0 Å². The number of hydrazine groups is 1. The predicted octanol–water partition coefficient (Wildman–Crippen LogP) is 2.73. The van der Waals surface area contributed by atoms with Gasteiger partial charge in [0.15, 0.2) is 6.61 Å². The molecule has 0 saturated carbocycles. The Balaban J connectivity index is 1.76. The molecule has 2 rings (SSSR count). The fourth-order valence-corrected chi connectivity index (χ4v) is 2.25. The van der Waals surface area contributed by atoms with Gasteiger partial charge in [0.1, 0.15) is 5.75 Å². The van der Waals surface area contributed by atoms with Gasteiger partial charge in [0.25, 0.3) is 5.91 Å². The Hall–Kier alpha value is -2.53. The van der Waals surface area contributed by atoms with E-state index in [-0.39, 0.29) is 18.9 Å². The molecule has 5 nitrogen and oxygen atoms in total. The Bertz CT molecular complexity index is 709. The molecule has 2 aromatic rings. The second-order valence-electron chi connectivity index (χ2n) is 5.42. The average Bonchev–Trinajstić information content (AvgIpc) is 2.56. The van der Waals surface area contributed by atoms with Gasteiger partial charge in [-0.2, -0.15) is 0 Å². The Labute approximate surface area is 145 Å². The summed E-state index contributed by atoms with van der Waals surface area (Å²) in [7, 11) is 0. The van der Waals surface area contributed by atoms with E-state index in [9.17, 15) is 9.59 Å². The van der Waals surface area contributed by atoms with Gasteiger partial charge in [-0.15, -0.1) is 0 Å². The van der Waals surface area contributed by atoms with Crippen LogP contribution in [0.4, 0.5) is 0 Å². The van der Waals surface area contributed by atoms with Gasteiger partial charge >= 0.3 is 0 Å². The fourth-order valence-electron chi connectivity index (χ4n) is 2.14. The van der Waals surface area contributed by atoms with Crippen LogP contribution in [0.5, 0.6) is 5.75 Å². The summed E-state index contributed by atoms with van der Waals surface area (Å²) in [5, 5.41) is 0.681. The molecule has 0 fully saturated rings. The first-order valence-corrected chi connectivity index (χ1v) is 7.84. The molecule has 2 aromatic carbocycles. The lowest BCUT2D eigenvalue weighted by molar-refractivity contribution is -0.129. The lowest BCUT2D eigenvalue weighted by Crippen LogP contribution is -2.44. The number of aryl methyl sites for hydroxylation is 2. The second kappa shape index (κ2) is 8.36. The van der Waals surface area contributed by atoms with Gasteiger partial charge in [-0.05, 0) is 42.7 Å². The van der Waals surface area contributed by atoms with Gasteiger partial charge in [0.05, 0.1) is 6.42 Å². The number of carbonyl (C=O) groups excluding carboxylic acids is 2. The average molecular weight is 347 g/mol. The zero-order chi connectivity index (χ0) is 17.5. The van der Waals surface area contributed by atoms with E-state index in [1.807, 2.05) is 44.2 Å².